The predicted octanol–water partition coefficient (Wildman–Crippen LogP) is 0.296. The molecular weight excluding hydrogens is 302 g/mol. The Labute approximate surface area is 128 Å². The van der Waals surface area contributed by atoms with Crippen LogP contribution in [0.3, 0.4) is 0 Å². The third-order valence-corrected chi connectivity index (χ3v) is 3.47. The Morgan fingerprint density at radius 2 is 2.00 bits per heavy atom. The zero-order chi connectivity index (χ0) is 16.6. The summed E-state index contributed by atoms with van der Waals surface area (Å²) in [5, 5.41) is 11.1. The molecule has 1 aromatic heterocycles. The molecule has 1 aliphatic rings. The number of fused-ring (bicyclic) bond motifs is 1. The van der Waals surface area contributed by atoms with Crippen molar-refractivity contribution in [3.05, 3.63) is 72.6 Å². The highest BCUT2D eigenvalue weighted by molar-refractivity contribution is 5.80. The number of nitro benzene ring substituents is 1. The number of nitro groups is 1. The van der Waals surface area contributed by atoms with Gasteiger partial charge in [-0.05, 0) is 18.4 Å². The summed E-state index contributed by atoms with van der Waals surface area (Å²) in [4.78, 5) is 40.2. The van der Waals surface area contributed by atoms with Gasteiger partial charge in [0.05, 0.1) is 22.5 Å². The summed E-state index contributed by atoms with van der Waals surface area (Å²) in [5.41, 5.74) is 5.69. The van der Waals surface area contributed by atoms with Crippen molar-refractivity contribution in [2.75, 3.05) is 6.54 Å². The highest BCUT2D eigenvalue weighted by atomic mass is 16.6. The number of rotatable bonds is 3. The predicted molar refractivity (Wildman–Crippen MR) is 83.7 cm³/mol. The lowest BCUT2D eigenvalue weighted by atomic mass is 10.1. The van der Waals surface area contributed by atoms with Gasteiger partial charge in [-0.25, -0.2) is 0 Å². The molecule has 0 unspecified atom stereocenters. The monoisotopic (exact) mass is 315 g/mol. The Morgan fingerprint density at radius 3 is 2.70 bits per heavy atom. The van der Waals surface area contributed by atoms with Crippen molar-refractivity contribution in [1.82, 2.24) is 14.9 Å². The molecular formula is C14H13N5O4. The average molecular weight is 315 g/mol. The van der Waals surface area contributed by atoms with E-state index in [1.54, 1.807) is 18.4 Å². The Bertz CT molecular complexity index is 969. The van der Waals surface area contributed by atoms with Crippen molar-refractivity contribution >= 4 is 16.7 Å². The molecule has 2 heterocycles. The molecule has 3 rings (SSSR count). The molecule has 118 valence electrons. The largest absolute Gasteiger partial charge is 0.401 e. The van der Waals surface area contributed by atoms with Gasteiger partial charge in [0.25, 0.3) is 5.69 Å². The van der Waals surface area contributed by atoms with Crippen molar-refractivity contribution in [3.8, 4) is 0 Å². The number of aromatic amines is 2. The second kappa shape index (κ2) is 5.44. The number of allylic oxidation sites excluding steroid dienone is 2. The Hall–Kier alpha value is -3.36. The normalized spacial score (nSPS) is 14.1. The number of non-ortho nitro benzene ring substituents is 1. The molecule has 4 N–H and O–H groups in total. The van der Waals surface area contributed by atoms with Crippen LogP contribution in [0.4, 0.5) is 5.69 Å². The molecule has 9 heteroatoms. The number of aromatic nitrogens is 2. The van der Waals surface area contributed by atoms with Crippen molar-refractivity contribution in [3.63, 3.8) is 0 Å². The maximum atomic E-state index is 11.6. The second-order valence-corrected chi connectivity index (χ2v) is 5.18. The molecule has 0 amide bonds. The lowest BCUT2D eigenvalue weighted by molar-refractivity contribution is -0.384. The SMILES string of the molecule is NC1=CC=CN(Cc2cc([N+](=O)[O-])cc3[nH]c(=O)c(=O)[nH]c23)C1. The second-order valence-electron chi connectivity index (χ2n) is 5.18. The van der Waals surface area contributed by atoms with Crippen molar-refractivity contribution in [1.29, 1.82) is 0 Å². The van der Waals surface area contributed by atoms with E-state index in [1.807, 2.05) is 4.90 Å². The van der Waals surface area contributed by atoms with Crippen molar-refractivity contribution < 1.29 is 4.92 Å². The highest BCUT2D eigenvalue weighted by Gasteiger charge is 2.16. The third kappa shape index (κ3) is 2.84. The molecule has 23 heavy (non-hydrogen) atoms. The minimum Gasteiger partial charge on any atom is -0.401 e. The molecule has 0 saturated heterocycles. The van der Waals surface area contributed by atoms with E-state index < -0.39 is 16.0 Å². The van der Waals surface area contributed by atoms with Crippen LogP contribution in [0.5, 0.6) is 0 Å². The lowest BCUT2D eigenvalue weighted by Crippen LogP contribution is -2.30. The Morgan fingerprint density at radius 1 is 1.26 bits per heavy atom. The van der Waals surface area contributed by atoms with Gasteiger partial charge in [0.2, 0.25) is 0 Å². The molecule has 0 spiro atoms. The summed E-state index contributed by atoms with van der Waals surface area (Å²) in [6.45, 7) is 0.763. The van der Waals surface area contributed by atoms with E-state index in [4.69, 9.17) is 5.73 Å². The standard InChI is InChI=1S/C14H13N5O4/c15-9-2-1-3-18(7-9)6-8-4-10(19(22)23)5-11-12(8)17-14(21)13(20)16-11/h1-5H,6-7,15H2,(H,16,20)(H,17,21). The minimum absolute atomic E-state index is 0.167. The zero-order valence-corrected chi connectivity index (χ0v) is 11.9. The van der Waals surface area contributed by atoms with Crippen LogP contribution >= 0.6 is 0 Å². The summed E-state index contributed by atoms with van der Waals surface area (Å²) in [5.74, 6) is 0. The first-order valence-corrected chi connectivity index (χ1v) is 6.74. The van der Waals surface area contributed by atoms with Gasteiger partial charge in [-0.3, -0.25) is 19.7 Å². The molecule has 1 aliphatic heterocycles. The van der Waals surface area contributed by atoms with Gasteiger partial charge in [-0.1, -0.05) is 0 Å². The van der Waals surface area contributed by atoms with E-state index in [-0.39, 0.29) is 11.2 Å². The van der Waals surface area contributed by atoms with Gasteiger partial charge < -0.3 is 20.6 Å². The number of hydrogen-bond donors (Lipinski definition) is 3. The number of nitrogens with one attached hydrogen (secondary N) is 2. The van der Waals surface area contributed by atoms with E-state index in [0.29, 0.717) is 29.9 Å². The van der Waals surface area contributed by atoms with Crippen molar-refractivity contribution in [2.45, 2.75) is 6.54 Å². The fourth-order valence-corrected chi connectivity index (χ4v) is 2.47. The number of hydrogen-bond acceptors (Lipinski definition) is 6. The molecule has 0 bridgehead atoms. The van der Waals surface area contributed by atoms with Crippen molar-refractivity contribution in [2.24, 2.45) is 5.73 Å². The maximum absolute atomic E-state index is 11.6. The van der Waals surface area contributed by atoms with Crippen LogP contribution in [0.2, 0.25) is 0 Å². The summed E-state index contributed by atoms with van der Waals surface area (Å²) in [6.07, 6.45) is 5.33. The molecule has 1 aromatic carbocycles. The van der Waals surface area contributed by atoms with Crippen LogP contribution < -0.4 is 16.9 Å². The summed E-state index contributed by atoms with van der Waals surface area (Å²) < 4.78 is 0. The Balaban J connectivity index is 2.13. The third-order valence-electron chi connectivity index (χ3n) is 3.47. The first-order chi connectivity index (χ1) is 10.9. The van der Waals surface area contributed by atoms with Gasteiger partial charge in [0.1, 0.15) is 0 Å². The van der Waals surface area contributed by atoms with E-state index in [9.17, 15) is 19.7 Å². The van der Waals surface area contributed by atoms with Crippen LogP contribution in [-0.2, 0) is 6.54 Å². The van der Waals surface area contributed by atoms with Crippen LogP contribution in [0, 0.1) is 10.1 Å². The minimum atomic E-state index is -0.853. The molecule has 9 nitrogen and oxygen atoms in total. The Kier molecular flexibility index (Phi) is 3.45. The molecule has 0 saturated carbocycles. The maximum Gasteiger partial charge on any atom is 0.314 e. The van der Waals surface area contributed by atoms with Gasteiger partial charge in [-0.15, -0.1) is 0 Å². The first kappa shape index (κ1) is 14.6. The number of nitrogens with zero attached hydrogens (tertiary/aromatic N) is 2. The molecule has 0 radical (unpaired) electrons. The fourth-order valence-electron chi connectivity index (χ4n) is 2.47. The molecule has 0 atom stereocenters. The summed E-state index contributed by atoms with van der Waals surface area (Å²) in [7, 11) is 0. The fraction of sp³-hybridized carbons (Fsp3) is 0.143. The zero-order valence-electron chi connectivity index (χ0n) is 11.9. The van der Waals surface area contributed by atoms with Crippen LogP contribution in [-0.4, -0.2) is 26.3 Å². The van der Waals surface area contributed by atoms with Gasteiger partial charge in [-0.2, -0.15) is 0 Å². The average Bonchev–Trinajstić information content (AvgIpc) is 2.49. The molecule has 0 aliphatic carbocycles. The van der Waals surface area contributed by atoms with E-state index in [2.05, 4.69) is 9.97 Å². The topological polar surface area (TPSA) is 138 Å². The number of H-pyrrole nitrogens is 2. The number of nitrogens with two attached hydrogens (primary N) is 1. The van der Waals surface area contributed by atoms with Gasteiger partial charge in [0.15, 0.2) is 0 Å². The smallest absolute Gasteiger partial charge is 0.314 e. The van der Waals surface area contributed by atoms with Crippen LogP contribution in [0.15, 0.2) is 45.8 Å². The highest BCUT2D eigenvalue weighted by Crippen LogP contribution is 2.23. The summed E-state index contributed by atoms with van der Waals surface area (Å²) in [6, 6.07) is 2.59. The molecule has 0 fully saturated rings. The van der Waals surface area contributed by atoms with Gasteiger partial charge in [0, 0.05) is 29.9 Å². The number of benzene rings is 1. The molecule has 2 aromatic rings. The van der Waals surface area contributed by atoms with Crippen LogP contribution in [0.1, 0.15) is 5.56 Å². The van der Waals surface area contributed by atoms with E-state index in [0.717, 1.165) is 0 Å². The van der Waals surface area contributed by atoms with E-state index in [1.165, 1.54) is 12.1 Å². The lowest BCUT2D eigenvalue weighted by Gasteiger charge is -2.23. The van der Waals surface area contributed by atoms with Gasteiger partial charge >= 0.3 is 11.1 Å². The summed E-state index contributed by atoms with van der Waals surface area (Å²) >= 11 is 0. The van der Waals surface area contributed by atoms with Crippen LogP contribution in [0.25, 0.3) is 11.0 Å². The quantitative estimate of drug-likeness (QED) is 0.423. The van der Waals surface area contributed by atoms with E-state index >= 15 is 0 Å². The first-order valence-electron chi connectivity index (χ1n) is 6.74.